The van der Waals surface area contributed by atoms with Crippen molar-refractivity contribution in [2.45, 2.75) is 75.0 Å². The Kier molecular flexibility index (Phi) is 11.6. The molecule has 5 N–H and O–H groups in total. The summed E-state index contributed by atoms with van der Waals surface area (Å²) in [4.78, 5) is 30.6. The molecule has 4 rings (SSSR count). The molecule has 13 heteroatoms. The molecular weight excluding hydrogens is 580 g/mol. The Bertz CT molecular complexity index is 1360. The monoisotopic (exact) mass is 622 g/mol. The van der Waals surface area contributed by atoms with E-state index in [9.17, 15) is 23.1 Å². The van der Waals surface area contributed by atoms with Crippen LogP contribution in [0.4, 0.5) is 0 Å². The van der Waals surface area contributed by atoms with Gasteiger partial charge in [0.25, 0.3) is 0 Å². The molecule has 0 aromatic heterocycles. The minimum atomic E-state index is -4.13. The van der Waals surface area contributed by atoms with Crippen LogP contribution in [0.2, 0.25) is 0 Å². The van der Waals surface area contributed by atoms with E-state index in [-0.39, 0.29) is 42.2 Å². The van der Waals surface area contributed by atoms with Gasteiger partial charge in [-0.2, -0.15) is 9.82 Å². The van der Waals surface area contributed by atoms with Gasteiger partial charge in [-0.3, -0.25) is 9.59 Å². The molecular formula is C29H43ClN6O5S. The van der Waals surface area contributed by atoms with E-state index < -0.39 is 33.5 Å². The summed E-state index contributed by atoms with van der Waals surface area (Å²) in [5.41, 5.74) is -0.993. The first-order valence-corrected chi connectivity index (χ1v) is 15.7. The van der Waals surface area contributed by atoms with Crippen molar-refractivity contribution < 1.29 is 23.1 Å². The number of hydrogen-bond acceptors (Lipinski definition) is 7. The van der Waals surface area contributed by atoms with Crippen LogP contribution in [0.15, 0.2) is 52.5 Å². The van der Waals surface area contributed by atoms with Crippen molar-refractivity contribution in [3.8, 4) is 0 Å². The van der Waals surface area contributed by atoms with Crippen LogP contribution in [0.3, 0.4) is 0 Å². The third-order valence-electron chi connectivity index (χ3n) is 7.62. The van der Waals surface area contributed by atoms with Crippen molar-refractivity contribution >= 4 is 51.4 Å². The predicted molar refractivity (Wildman–Crippen MR) is 166 cm³/mol. The molecule has 1 saturated carbocycles. The van der Waals surface area contributed by atoms with Gasteiger partial charge in [-0.1, -0.05) is 30.3 Å². The number of nitrogens with zero attached hydrogens (tertiary/aromatic N) is 3. The highest BCUT2D eigenvalue weighted by Gasteiger charge is 2.39. The lowest BCUT2D eigenvalue weighted by atomic mass is 9.98. The number of piperidine rings is 1. The fourth-order valence-corrected chi connectivity index (χ4v) is 6.43. The van der Waals surface area contributed by atoms with E-state index >= 15 is 0 Å². The SMILES string of the molecule is CC(C)(O)CCN(C(=O)[C@H](CC(=O)NC[C@@H]1CCCN(C=NN)C1)NS(=O)(=O)c1ccc2ccccc2c1)C1CC1.Cl. The van der Waals surface area contributed by atoms with Crippen molar-refractivity contribution in [1.82, 2.24) is 19.8 Å². The summed E-state index contributed by atoms with van der Waals surface area (Å²) in [5, 5.41) is 18.4. The molecule has 2 aromatic rings. The number of halogens is 1. The van der Waals surface area contributed by atoms with Gasteiger partial charge in [-0.15, -0.1) is 12.4 Å². The summed E-state index contributed by atoms with van der Waals surface area (Å²) in [6.07, 6.45) is 5.06. The van der Waals surface area contributed by atoms with Crippen molar-refractivity contribution in [3.63, 3.8) is 0 Å². The van der Waals surface area contributed by atoms with Crippen LogP contribution < -0.4 is 15.9 Å². The van der Waals surface area contributed by atoms with E-state index in [1.54, 1.807) is 37.2 Å². The predicted octanol–water partition coefficient (Wildman–Crippen LogP) is 2.18. The maximum Gasteiger partial charge on any atom is 0.241 e. The highest BCUT2D eigenvalue weighted by atomic mass is 35.5. The number of amides is 2. The molecule has 0 spiro atoms. The van der Waals surface area contributed by atoms with Gasteiger partial charge in [-0.05, 0) is 74.8 Å². The number of likely N-dealkylation sites (tertiary alicyclic amines) is 1. The summed E-state index contributed by atoms with van der Waals surface area (Å²) in [5.74, 6) is 4.59. The number of sulfonamides is 1. The van der Waals surface area contributed by atoms with E-state index in [1.165, 1.54) is 6.07 Å². The van der Waals surface area contributed by atoms with Gasteiger partial charge in [0.1, 0.15) is 12.4 Å². The molecule has 42 heavy (non-hydrogen) atoms. The van der Waals surface area contributed by atoms with Gasteiger partial charge < -0.3 is 26.1 Å². The summed E-state index contributed by atoms with van der Waals surface area (Å²) in [7, 11) is -4.13. The summed E-state index contributed by atoms with van der Waals surface area (Å²) in [6, 6.07) is 10.9. The molecule has 0 radical (unpaired) electrons. The highest BCUT2D eigenvalue weighted by Crippen LogP contribution is 2.29. The third-order valence-corrected chi connectivity index (χ3v) is 9.09. The summed E-state index contributed by atoms with van der Waals surface area (Å²) >= 11 is 0. The normalized spacial score (nSPS) is 18.5. The zero-order valence-corrected chi connectivity index (χ0v) is 25.9. The number of hydrogen-bond donors (Lipinski definition) is 4. The number of benzene rings is 2. The molecule has 1 aliphatic carbocycles. The second-order valence-electron chi connectivity index (χ2n) is 11.8. The maximum absolute atomic E-state index is 13.8. The highest BCUT2D eigenvalue weighted by molar-refractivity contribution is 7.89. The Balaban J connectivity index is 0.00000484. The lowest BCUT2D eigenvalue weighted by Gasteiger charge is -2.31. The van der Waals surface area contributed by atoms with E-state index in [1.807, 2.05) is 29.2 Å². The van der Waals surface area contributed by atoms with Gasteiger partial charge >= 0.3 is 0 Å². The first-order valence-electron chi connectivity index (χ1n) is 14.2. The van der Waals surface area contributed by atoms with Crippen LogP contribution in [-0.4, -0.2) is 85.3 Å². The Hall–Kier alpha value is -2.93. The average molecular weight is 623 g/mol. The van der Waals surface area contributed by atoms with Crippen LogP contribution >= 0.6 is 12.4 Å². The maximum atomic E-state index is 13.8. The Morgan fingerprint density at radius 3 is 2.57 bits per heavy atom. The fourth-order valence-electron chi connectivity index (χ4n) is 5.20. The first kappa shape index (κ1) is 33.6. The van der Waals surface area contributed by atoms with E-state index in [4.69, 9.17) is 5.84 Å². The minimum absolute atomic E-state index is 0. The Morgan fingerprint density at radius 2 is 1.90 bits per heavy atom. The number of carbonyl (C=O) groups is 2. The molecule has 1 aliphatic heterocycles. The number of carbonyl (C=O) groups excluding carboxylic acids is 2. The molecule has 1 saturated heterocycles. The van der Waals surface area contributed by atoms with Crippen LogP contribution in [0, 0.1) is 5.92 Å². The van der Waals surface area contributed by atoms with Crippen LogP contribution in [0.5, 0.6) is 0 Å². The smallest absolute Gasteiger partial charge is 0.241 e. The molecule has 2 aromatic carbocycles. The molecule has 2 aliphatic rings. The van der Waals surface area contributed by atoms with Gasteiger partial charge in [0.05, 0.1) is 16.9 Å². The van der Waals surface area contributed by atoms with Crippen LogP contribution in [0.25, 0.3) is 10.8 Å². The first-order chi connectivity index (χ1) is 19.4. The lowest BCUT2D eigenvalue weighted by Crippen LogP contribution is -2.52. The van der Waals surface area contributed by atoms with Gasteiger partial charge in [-0.25, -0.2) is 8.42 Å². The van der Waals surface area contributed by atoms with Gasteiger partial charge in [0.2, 0.25) is 21.8 Å². The molecule has 0 bridgehead atoms. The van der Waals surface area contributed by atoms with E-state index in [0.717, 1.165) is 43.0 Å². The number of nitrogens with one attached hydrogen (secondary N) is 2. The quantitative estimate of drug-likeness (QED) is 0.115. The third kappa shape index (κ3) is 9.55. The number of nitrogens with two attached hydrogens (primary N) is 1. The van der Waals surface area contributed by atoms with E-state index in [2.05, 4.69) is 15.1 Å². The molecule has 11 nitrogen and oxygen atoms in total. The number of hydrazone groups is 1. The zero-order chi connectivity index (χ0) is 29.6. The van der Waals surface area contributed by atoms with E-state index in [0.29, 0.717) is 19.5 Å². The van der Waals surface area contributed by atoms with Crippen LogP contribution in [0.1, 0.15) is 52.4 Å². The molecule has 0 unspecified atom stereocenters. The van der Waals surface area contributed by atoms with Gasteiger partial charge in [0, 0.05) is 32.2 Å². The van der Waals surface area contributed by atoms with Crippen molar-refractivity contribution in [2.75, 3.05) is 26.2 Å². The second-order valence-corrected chi connectivity index (χ2v) is 13.5. The summed E-state index contributed by atoms with van der Waals surface area (Å²) in [6.45, 7) is 5.55. The second kappa shape index (κ2) is 14.5. The zero-order valence-electron chi connectivity index (χ0n) is 24.2. The molecule has 232 valence electrons. The average Bonchev–Trinajstić information content (AvgIpc) is 3.76. The number of fused-ring (bicyclic) bond motifs is 1. The standard InChI is InChI=1S/C29H42N6O5S.ClH/c1-29(2,38)13-15-35(24-10-11-24)28(37)26(17-27(36)31-18-21-6-5-14-34(19-21)20-32-30)33-41(39,40)25-12-9-22-7-3-4-8-23(22)16-25;/h3-4,7-9,12,16,20-21,24,26,33,38H,5-6,10-11,13-15,17-19,30H2,1-2H3,(H,31,36);1H/t21-,26-;/m0./s1. The molecule has 1 heterocycles. The Labute approximate surface area is 254 Å². The minimum Gasteiger partial charge on any atom is -0.390 e. The number of rotatable bonds is 13. The van der Waals surface area contributed by atoms with Crippen molar-refractivity contribution in [2.24, 2.45) is 16.9 Å². The van der Waals surface area contributed by atoms with Crippen molar-refractivity contribution in [1.29, 1.82) is 0 Å². The van der Waals surface area contributed by atoms with Crippen molar-refractivity contribution in [3.05, 3.63) is 42.5 Å². The lowest BCUT2D eigenvalue weighted by molar-refractivity contribution is -0.136. The topological polar surface area (TPSA) is 157 Å². The largest absolute Gasteiger partial charge is 0.390 e. The van der Waals surface area contributed by atoms with Crippen LogP contribution in [-0.2, 0) is 19.6 Å². The molecule has 2 amide bonds. The summed E-state index contributed by atoms with van der Waals surface area (Å²) < 4.78 is 29.6. The molecule has 2 fully saturated rings. The fraction of sp³-hybridized carbons (Fsp3) is 0.552. The number of aliphatic hydroxyl groups is 1. The Morgan fingerprint density at radius 1 is 1.19 bits per heavy atom. The molecule has 2 atom stereocenters. The van der Waals surface area contributed by atoms with Gasteiger partial charge in [0.15, 0.2) is 0 Å².